The molecule has 3 atom stereocenters. The van der Waals surface area contributed by atoms with Gasteiger partial charge in [0.05, 0.1) is 17.8 Å². The van der Waals surface area contributed by atoms with Gasteiger partial charge < -0.3 is 15.1 Å². The highest BCUT2D eigenvalue weighted by Gasteiger charge is 2.50. The summed E-state index contributed by atoms with van der Waals surface area (Å²) in [5, 5.41) is 6.82. The molecule has 2 aliphatic heterocycles. The van der Waals surface area contributed by atoms with Gasteiger partial charge in [0, 0.05) is 12.5 Å². The molecular formula is C20H25F2N5O2. The number of halogens is 2. The van der Waals surface area contributed by atoms with E-state index in [0.717, 1.165) is 50.4 Å². The number of hydrazone groups is 1. The minimum atomic E-state index is -0.847. The van der Waals surface area contributed by atoms with Crippen LogP contribution in [0.25, 0.3) is 0 Å². The Morgan fingerprint density at radius 3 is 2.76 bits per heavy atom. The zero-order valence-electron chi connectivity index (χ0n) is 16.3. The molecule has 4 rings (SSSR count). The van der Waals surface area contributed by atoms with Gasteiger partial charge in [-0.2, -0.15) is 5.10 Å². The van der Waals surface area contributed by atoms with Gasteiger partial charge in [-0.1, -0.05) is 19.8 Å². The van der Waals surface area contributed by atoms with Crippen molar-refractivity contribution < 1.29 is 18.4 Å². The van der Waals surface area contributed by atoms with E-state index >= 15 is 0 Å². The average molecular weight is 405 g/mol. The third kappa shape index (κ3) is 3.65. The number of nitrogens with one attached hydrogen (secondary N) is 2. The molecule has 0 spiro atoms. The molecule has 1 aromatic carbocycles. The first-order valence-corrected chi connectivity index (χ1v) is 10.2. The zero-order valence-corrected chi connectivity index (χ0v) is 16.3. The van der Waals surface area contributed by atoms with Crippen LogP contribution in [-0.4, -0.2) is 52.2 Å². The Labute approximate surface area is 168 Å². The summed E-state index contributed by atoms with van der Waals surface area (Å²) in [5.41, 5.74) is 2.83. The minimum absolute atomic E-state index is 0.0849. The van der Waals surface area contributed by atoms with E-state index in [0.29, 0.717) is 6.07 Å². The second kappa shape index (κ2) is 7.96. The van der Waals surface area contributed by atoms with Crippen molar-refractivity contribution in [3.8, 4) is 0 Å². The van der Waals surface area contributed by atoms with E-state index < -0.39 is 23.7 Å². The summed E-state index contributed by atoms with van der Waals surface area (Å²) in [6, 6.07) is 3.00. The fraction of sp³-hybridized carbons (Fsp3) is 0.550. The molecule has 1 aromatic rings. The molecule has 1 aliphatic carbocycles. The molecule has 0 radical (unpaired) electrons. The topological polar surface area (TPSA) is 77.0 Å². The van der Waals surface area contributed by atoms with Gasteiger partial charge in [-0.15, -0.1) is 0 Å². The molecule has 0 bridgehead atoms. The Hall–Kier alpha value is -2.71. The summed E-state index contributed by atoms with van der Waals surface area (Å²) in [6.45, 7) is 1.90. The smallest absolute Gasteiger partial charge is 0.268 e. The Kier molecular flexibility index (Phi) is 5.38. The van der Waals surface area contributed by atoms with Crippen molar-refractivity contribution in [2.24, 2.45) is 5.10 Å². The Morgan fingerprint density at radius 1 is 1.28 bits per heavy atom. The molecule has 3 unspecified atom stereocenters. The number of hydrogen-bond donors (Lipinski definition) is 2. The van der Waals surface area contributed by atoms with Gasteiger partial charge in [-0.3, -0.25) is 15.0 Å². The predicted molar refractivity (Wildman–Crippen MR) is 104 cm³/mol. The van der Waals surface area contributed by atoms with Crippen molar-refractivity contribution in [1.82, 2.24) is 15.2 Å². The fourth-order valence-electron chi connectivity index (χ4n) is 4.60. The van der Waals surface area contributed by atoms with Crippen LogP contribution in [0.5, 0.6) is 0 Å². The second-order valence-corrected chi connectivity index (χ2v) is 7.77. The van der Waals surface area contributed by atoms with Crippen LogP contribution < -0.4 is 10.7 Å². The number of amides is 2. The number of piperazine rings is 1. The number of benzene rings is 1. The van der Waals surface area contributed by atoms with Gasteiger partial charge in [0.2, 0.25) is 5.91 Å². The Morgan fingerprint density at radius 2 is 2.03 bits per heavy atom. The summed E-state index contributed by atoms with van der Waals surface area (Å²) < 4.78 is 26.9. The van der Waals surface area contributed by atoms with Crippen molar-refractivity contribution in [3.63, 3.8) is 0 Å². The number of nitrogens with zero attached hydrogens (tertiary/aromatic N) is 3. The lowest BCUT2D eigenvalue weighted by Crippen LogP contribution is -2.69. The summed E-state index contributed by atoms with van der Waals surface area (Å²) >= 11 is 0. The zero-order chi connectivity index (χ0) is 20.5. The van der Waals surface area contributed by atoms with Crippen LogP contribution in [0.15, 0.2) is 23.3 Å². The molecular weight excluding hydrogens is 380 g/mol. The number of hydrogen-bond acceptors (Lipinski definition) is 5. The molecule has 1 saturated carbocycles. The monoisotopic (exact) mass is 405 g/mol. The van der Waals surface area contributed by atoms with Gasteiger partial charge >= 0.3 is 0 Å². The molecule has 0 aromatic heterocycles. The maximum atomic E-state index is 13.9. The van der Waals surface area contributed by atoms with Gasteiger partial charge in [0.1, 0.15) is 24.0 Å². The normalized spacial score (nSPS) is 25.8. The first-order chi connectivity index (χ1) is 14.0. The third-order valence-electron chi connectivity index (χ3n) is 5.85. The first kappa shape index (κ1) is 19.6. The van der Waals surface area contributed by atoms with E-state index in [1.807, 2.05) is 0 Å². The molecule has 29 heavy (non-hydrogen) atoms. The predicted octanol–water partition coefficient (Wildman–Crippen LogP) is 2.40. The molecule has 2 amide bonds. The molecule has 3 aliphatic rings. The molecule has 2 heterocycles. The fourth-order valence-corrected chi connectivity index (χ4v) is 4.60. The summed E-state index contributed by atoms with van der Waals surface area (Å²) in [6.07, 6.45) is 4.95. The maximum Gasteiger partial charge on any atom is 0.268 e. The number of amidine groups is 1. The Balaban J connectivity index is 1.51. The van der Waals surface area contributed by atoms with Crippen molar-refractivity contribution in [2.75, 3.05) is 11.9 Å². The molecule has 7 nitrogen and oxygen atoms in total. The van der Waals surface area contributed by atoms with E-state index in [1.54, 1.807) is 4.90 Å². The molecule has 1 saturated heterocycles. The van der Waals surface area contributed by atoms with Crippen LogP contribution in [-0.2, 0) is 9.59 Å². The van der Waals surface area contributed by atoms with Crippen LogP contribution in [0.3, 0.4) is 0 Å². The van der Waals surface area contributed by atoms with Gasteiger partial charge in [-0.25, -0.2) is 8.78 Å². The summed E-state index contributed by atoms with van der Waals surface area (Å²) in [7, 11) is 0. The highest BCUT2D eigenvalue weighted by Crippen LogP contribution is 2.35. The van der Waals surface area contributed by atoms with Gasteiger partial charge in [-0.05, 0) is 31.4 Å². The lowest BCUT2D eigenvalue weighted by Gasteiger charge is -2.51. The van der Waals surface area contributed by atoms with Crippen molar-refractivity contribution in [2.45, 2.75) is 63.7 Å². The van der Waals surface area contributed by atoms with Gasteiger partial charge in [0.25, 0.3) is 5.91 Å². The van der Waals surface area contributed by atoms with Crippen LogP contribution in [0.1, 0.15) is 45.4 Å². The third-order valence-corrected chi connectivity index (χ3v) is 5.85. The molecule has 156 valence electrons. The van der Waals surface area contributed by atoms with Gasteiger partial charge in [0.15, 0.2) is 6.17 Å². The van der Waals surface area contributed by atoms with Crippen molar-refractivity contribution in [1.29, 1.82) is 0 Å². The Bertz CT molecular complexity index is 846. The van der Waals surface area contributed by atoms with E-state index in [1.165, 1.54) is 6.07 Å². The van der Waals surface area contributed by atoms with E-state index in [-0.39, 0.29) is 30.2 Å². The van der Waals surface area contributed by atoms with E-state index in [4.69, 9.17) is 0 Å². The van der Waals surface area contributed by atoms with Crippen molar-refractivity contribution in [3.05, 3.63) is 29.8 Å². The summed E-state index contributed by atoms with van der Waals surface area (Å²) in [5.74, 6) is -1.36. The number of anilines is 1. The largest absolute Gasteiger partial charge is 0.325 e. The van der Waals surface area contributed by atoms with E-state index in [9.17, 15) is 18.4 Å². The lowest BCUT2D eigenvalue weighted by molar-refractivity contribution is -0.151. The maximum absolute atomic E-state index is 13.9. The second-order valence-electron chi connectivity index (χ2n) is 7.77. The van der Waals surface area contributed by atoms with E-state index in [2.05, 4.69) is 27.7 Å². The highest BCUT2D eigenvalue weighted by atomic mass is 19.1. The number of carbonyl (C=O) groups excluding carboxylic acids is 2. The van der Waals surface area contributed by atoms with Crippen LogP contribution in [0, 0.1) is 11.6 Å². The summed E-state index contributed by atoms with van der Waals surface area (Å²) in [4.78, 5) is 29.4. The van der Waals surface area contributed by atoms with Crippen LogP contribution >= 0.6 is 0 Å². The quantitative estimate of drug-likeness (QED) is 0.789. The molecule has 2 fully saturated rings. The van der Waals surface area contributed by atoms with Crippen LogP contribution in [0.2, 0.25) is 0 Å². The number of rotatable bonds is 5. The molecule has 9 heteroatoms. The average Bonchev–Trinajstić information content (AvgIpc) is 3.12. The lowest BCUT2D eigenvalue weighted by atomic mass is 9.85. The number of fused-ring (bicyclic) bond motifs is 3. The van der Waals surface area contributed by atoms with Crippen LogP contribution in [0.4, 0.5) is 14.5 Å². The standard InChI is InChI=1S/C20H25F2N5O2/c1-2-5-17-24-25-19-20(29)26(15-6-3-4-7-16(15)27(17)19)11-18(28)23-14-9-8-12(21)10-13(14)22/h8-10,15-16,19,25H,2-7,11H2,1H3,(H,23,28). The first-order valence-electron chi connectivity index (χ1n) is 10.2. The molecule has 2 N–H and O–H groups in total. The highest BCUT2D eigenvalue weighted by molar-refractivity contribution is 5.98. The SMILES string of the molecule is CCCC1=NNC2C(=O)N(CC(=O)Nc3ccc(F)cc3F)C3CCCCC3N12. The minimum Gasteiger partial charge on any atom is -0.325 e. The number of carbonyl (C=O) groups is 2. The van der Waals surface area contributed by atoms with Crippen molar-refractivity contribution >= 4 is 23.3 Å².